The molecule has 0 fully saturated rings. The number of hydrogen-bond donors (Lipinski definition) is 0. The van der Waals surface area contributed by atoms with Crippen molar-refractivity contribution in [2.24, 2.45) is 0 Å². The maximum atomic E-state index is 11.6. The van der Waals surface area contributed by atoms with E-state index < -0.39 is 10.1 Å². The van der Waals surface area contributed by atoms with Gasteiger partial charge >= 0.3 is 0 Å². The van der Waals surface area contributed by atoms with Crippen molar-refractivity contribution in [1.29, 1.82) is 0 Å². The molecular weight excluding hydrogens is 212 g/mol. The molecule has 84 valence electrons. The van der Waals surface area contributed by atoms with Crippen LogP contribution >= 0.6 is 0 Å². The normalized spacial score (nSPS) is 11.6. The maximum Gasteiger partial charge on any atom is 0.296 e. The molecule has 4 heteroatoms. The third-order valence-corrected chi connectivity index (χ3v) is 3.38. The molecule has 0 unspecified atom stereocenters. The van der Waals surface area contributed by atoms with Gasteiger partial charge < -0.3 is 0 Å². The smallest absolute Gasteiger partial charge is 0.267 e. The van der Waals surface area contributed by atoms with Gasteiger partial charge in [-0.25, -0.2) is 0 Å². The lowest BCUT2D eigenvalue weighted by Crippen LogP contribution is -2.06. The lowest BCUT2D eigenvalue weighted by atomic mass is 10.1. The van der Waals surface area contributed by atoms with E-state index in [0.717, 1.165) is 18.4 Å². The summed E-state index contributed by atoms with van der Waals surface area (Å²) in [5.74, 6) is 0. The molecule has 0 saturated heterocycles. The summed E-state index contributed by atoms with van der Waals surface area (Å²) in [6, 6.07) is 6.91. The monoisotopic (exact) mass is 228 g/mol. The molecule has 0 aromatic heterocycles. The minimum Gasteiger partial charge on any atom is -0.267 e. The van der Waals surface area contributed by atoms with Crippen molar-refractivity contribution in [3.63, 3.8) is 0 Å². The predicted octanol–water partition coefficient (Wildman–Crippen LogP) is 2.36. The van der Waals surface area contributed by atoms with Gasteiger partial charge in [0.2, 0.25) is 0 Å². The van der Waals surface area contributed by atoms with E-state index >= 15 is 0 Å². The summed E-state index contributed by atoms with van der Waals surface area (Å²) in [6.07, 6.45) is 1.88. The van der Waals surface area contributed by atoms with Crippen LogP contribution < -0.4 is 0 Å². The molecule has 0 amide bonds. The van der Waals surface area contributed by atoms with Gasteiger partial charge in [0.15, 0.2) is 0 Å². The highest BCUT2D eigenvalue weighted by molar-refractivity contribution is 7.86. The zero-order chi connectivity index (χ0) is 11.3. The first-order chi connectivity index (χ1) is 7.10. The predicted molar refractivity (Wildman–Crippen MR) is 59.2 cm³/mol. The van der Waals surface area contributed by atoms with Crippen molar-refractivity contribution in [2.75, 3.05) is 6.61 Å². The van der Waals surface area contributed by atoms with Crippen LogP contribution in [0.3, 0.4) is 0 Å². The van der Waals surface area contributed by atoms with Crippen LogP contribution in [0.15, 0.2) is 29.2 Å². The van der Waals surface area contributed by atoms with E-state index in [1.165, 1.54) is 0 Å². The van der Waals surface area contributed by atoms with E-state index in [-0.39, 0.29) is 11.5 Å². The highest BCUT2D eigenvalue weighted by Crippen LogP contribution is 2.15. The molecule has 0 aliphatic carbocycles. The van der Waals surface area contributed by atoms with Gasteiger partial charge in [-0.15, -0.1) is 0 Å². The average molecular weight is 228 g/mol. The van der Waals surface area contributed by atoms with Crippen molar-refractivity contribution in [3.05, 3.63) is 29.8 Å². The summed E-state index contributed by atoms with van der Waals surface area (Å²) in [5.41, 5.74) is 1.03. The summed E-state index contributed by atoms with van der Waals surface area (Å²) in [7, 11) is -3.55. The molecule has 0 radical (unpaired) electrons. The Morgan fingerprint density at radius 2 is 2.00 bits per heavy atom. The van der Waals surface area contributed by atoms with Gasteiger partial charge in [-0.2, -0.15) is 8.42 Å². The van der Waals surface area contributed by atoms with Crippen LogP contribution in [0.4, 0.5) is 0 Å². The van der Waals surface area contributed by atoms with Crippen molar-refractivity contribution in [1.82, 2.24) is 0 Å². The molecule has 0 spiro atoms. The van der Waals surface area contributed by atoms with Crippen LogP contribution in [-0.4, -0.2) is 15.0 Å². The lowest BCUT2D eigenvalue weighted by Gasteiger charge is -2.05. The SMILES string of the molecule is CCCc1cccc(S(=O)(=O)OCC)c1. The van der Waals surface area contributed by atoms with Gasteiger partial charge in [0, 0.05) is 0 Å². The second kappa shape index (κ2) is 5.28. The van der Waals surface area contributed by atoms with Crippen LogP contribution in [0.25, 0.3) is 0 Å². The van der Waals surface area contributed by atoms with E-state index in [4.69, 9.17) is 4.18 Å². The summed E-state index contributed by atoms with van der Waals surface area (Å²) in [6.45, 7) is 3.89. The molecule has 1 aromatic rings. The zero-order valence-electron chi connectivity index (χ0n) is 9.06. The second-order valence-electron chi connectivity index (χ2n) is 3.26. The van der Waals surface area contributed by atoms with Crippen LogP contribution in [0.1, 0.15) is 25.8 Å². The second-order valence-corrected chi connectivity index (χ2v) is 4.87. The maximum absolute atomic E-state index is 11.6. The van der Waals surface area contributed by atoms with Gasteiger partial charge in [0.25, 0.3) is 10.1 Å². The van der Waals surface area contributed by atoms with Crippen molar-refractivity contribution >= 4 is 10.1 Å². The Balaban J connectivity index is 2.99. The third kappa shape index (κ3) is 3.32. The third-order valence-electron chi connectivity index (χ3n) is 2.00. The molecular formula is C11H16O3S. The average Bonchev–Trinajstić information content (AvgIpc) is 2.19. The minimum absolute atomic E-state index is 0.167. The van der Waals surface area contributed by atoms with Crippen molar-refractivity contribution in [2.45, 2.75) is 31.6 Å². The van der Waals surface area contributed by atoms with Gasteiger partial charge in [-0.1, -0.05) is 25.5 Å². The fourth-order valence-electron chi connectivity index (χ4n) is 1.37. The molecule has 0 N–H and O–H groups in total. The van der Waals surface area contributed by atoms with E-state index in [1.807, 2.05) is 6.07 Å². The van der Waals surface area contributed by atoms with E-state index in [1.54, 1.807) is 25.1 Å². The van der Waals surface area contributed by atoms with Crippen LogP contribution in [0, 0.1) is 0 Å². The Hall–Kier alpha value is -0.870. The Bertz CT molecular complexity index is 410. The Labute approximate surface area is 91.2 Å². The Morgan fingerprint density at radius 1 is 1.27 bits per heavy atom. The quantitative estimate of drug-likeness (QED) is 0.727. The topological polar surface area (TPSA) is 43.4 Å². The zero-order valence-corrected chi connectivity index (χ0v) is 9.88. The minimum atomic E-state index is -3.55. The van der Waals surface area contributed by atoms with E-state index in [0.29, 0.717) is 0 Å². The molecule has 0 bridgehead atoms. The van der Waals surface area contributed by atoms with Gasteiger partial charge in [-0.05, 0) is 31.0 Å². The number of benzene rings is 1. The van der Waals surface area contributed by atoms with Gasteiger partial charge in [0.05, 0.1) is 11.5 Å². The number of hydrogen-bond acceptors (Lipinski definition) is 3. The molecule has 1 aromatic carbocycles. The standard InChI is InChI=1S/C11H16O3S/c1-3-6-10-7-5-8-11(9-10)15(12,13)14-4-2/h5,7-9H,3-4,6H2,1-2H3. The first kappa shape index (κ1) is 12.2. The summed E-state index contributed by atoms with van der Waals surface area (Å²) in [4.78, 5) is 0.246. The molecule has 3 nitrogen and oxygen atoms in total. The number of aryl methyl sites for hydroxylation is 1. The summed E-state index contributed by atoms with van der Waals surface area (Å²) < 4.78 is 27.9. The molecule has 1 rings (SSSR count). The van der Waals surface area contributed by atoms with Crippen LogP contribution in [-0.2, 0) is 20.7 Å². The summed E-state index contributed by atoms with van der Waals surface area (Å²) in [5, 5.41) is 0. The highest BCUT2D eigenvalue weighted by Gasteiger charge is 2.13. The first-order valence-electron chi connectivity index (χ1n) is 5.08. The van der Waals surface area contributed by atoms with Gasteiger partial charge in [-0.3, -0.25) is 4.18 Å². The first-order valence-corrected chi connectivity index (χ1v) is 6.49. The Kier molecular flexibility index (Phi) is 4.29. The van der Waals surface area contributed by atoms with E-state index in [9.17, 15) is 8.42 Å². The van der Waals surface area contributed by atoms with Crippen molar-refractivity contribution in [3.8, 4) is 0 Å². The molecule has 0 atom stereocenters. The van der Waals surface area contributed by atoms with Gasteiger partial charge in [0.1, 0.15) is 0 Å². The molecule has 0 aliphatic rings. The van der Waals surface area contributed by atoms with Crippen molar-refractivity contribution < 1.29 is 12.6 Å². The molecule has 0 heterocycles. The molecule has 0 saturated carbocycles. The summed E-state index contributed by atoms with van der Waals surface area (Å²) >= 11 is 0. The largest absolute Gasteiger partial charge is 0.296 e. The Morgan fingerprint density at radius 3 is 2.60 bits per heavy atom. The number of rotatable bonds is 5. The lowest BCUT2D eigenvalue weighted by molar-refractivity contribution is 0.338. The molecule has 0 aliphatic heterocycles. The fourth-order valence-corrected chi connectivity index (χ4v) is 2.36. The van der Waals surface area contributed by atoms with Crippen LogP contribution in [0.2, 0.25) is 0 Å². The molecule has 15 heavy (non-hydrogen) atoms. The van der Waals surface area contributed by atoms with E-state index in [2.05, 4.69) is 6.92 Å². The fraction of sp³-hybridized carbons (Fsp3) is 0.455. The highest BCUT2D eigenvalue weighted by atomic mass is 32.2. The van der Waals surface area contributed by atoms with Crippen LogP contribution in [0.5, 0.6) is 0 Å².